The molecule has 1 atom stereocenters. The van der Waals surface area contributed by atoms with E-state index in [1.54, 1.807) is 10.7 Å². The Hall–Kier alpha value is -2.63. The average Bonchev–Trinajstić information content (AvgIpc) is 2.89. The number of hydrogen-bond acceptors (Lipinski definition) is 3. The molecule has 1 aromatic carbocycles. The van der Waals surface area contributed by atoms with E-state index in [0.29, 0.717) is 5.52 Å². The molecule has 3 rings (SSSR count). The molecule has 0 spiro atoms. The van der Waals surface area contributed by atoms with Gasteiger partial charge >= 0.3 is 0 Å². The van der Waals surface area contributed by atoms with Gasteiger partial charge in [-0.05, 0) is 25.5 Å². The van der Waals surface area contributed by atoms with Crippen LogP contribution in [0.3, 0.4) is 0 Å². The molecule has 22 heavy (non-hydrogen) atoms. The normalized spacial score (nSPS) is 12.6. The number of rotatable bonds is 4. The van der Waals surface area contributed by atoms with Crippen LogP contribution in [-0.4, -0.2) is 26.1 Å². The van der Waals surface area contributed by atoms with Gasteiger partial charge in [0.2, 0.25) is 5.91 Å². The molecule has 0 fully saturated rings. The average molecular weight is 298 g/mol. The van der Waals surface area contributed by atoms with Gasteiger partial charge in [0.15, 0.2) is 0 Å². The molecule has 0 aliphatic heterocycles. The lowest BCUT2D eigenvalue weighted by Crippen LogP contribution is -2.38. The molecule has 114 valence electrons. The van der Waals surface area contributed by atoms with E-state index >= 15 is 0 Å². The number of aromatic nitrogens is 3. The lowest BCUT2D eigenvalue weighted by atomic mass is 10.2. The summed E-state index contributed by atoms with van der Waals surface area (Å²) >= 11 is 0. The first-order chi connectivity index (χ1) is 10.6. The lowest BCUT2D eigenvalue weighted by molar-refractivity contribution is -0.122. The minimum atomic E-state index is -0.266. The van der Waals surface area contributed by atoms with Crippen molar-refractivity contribution < 1.29 is 4.79 Å². The summed E-state index contributed by atoms with van der Waals surface area (Å²) in [6.07, 6.45) is 2.42. The van der Waals surface area contributed by atoms with E-state index < -0.39 is 0 Å². The molecule has 0 aliphatic rings. The molecule has 6 nitrogen and oxygen atoms in total. The Morgan fingerprint density at radius 3 is 2.86 bits per heavy atom. The highest BCUT2D eigenvalue weighted by atomic mass is 16.2. The van der Waals surface area contributed by atoms with Crippen molar-refractivity contribution in [2.45, 2.75) is 32.9 Å². The fraction of sp³-hybridized carbons (Fsp3) is 0.312. The van der Waals surface area contributed by atoms with Gasteiger partial charge in [0.25, 0.3) is 5.56 Å². The summed E-state index contributed by atoms with van der Waals surface area (Å²) in [6.45, 7) is 3.85. The van der Waals surface area contributed by atoms with Crippen molar-refractivity contribution in [3.8, 4) is 0 Å². The number of benzene rings is 1. The first-order valence-corrected chi connectivity index (χ1v) is 7.35. The van der Waals surface area contributed by atoms with Crippen molar-refractivity contribution in [3.63, 3.8) is 0 Å². The number of fused-ring (bicyclic) bond motifs is 3. The van der Waals surface area contributed by atoms with Gasteiger partial charge in [-0.1, -0.05) is 25.1 Å². The van der Waals surface area contributed by atoms with Crippen molar-refractivity contribution >= 4 is 22.3 Å². The van der Waals surface area contributed by atoms with Gasteiger partial charge in [0, 0.05) is 11.4 Å². The summed E-state index contributed by atoms with van der Waals surface area (Å²) in [7, 11) is 0. The minimum Gasteiger partial charge on any atom is -0.352 e. The van der Waals surface area contributed by atoms with Crippen molar-refractivity contribution in [2.24, 2.45) is 0 Å². The molecule has 0 saturated heterocycles. The maximum atomic E-state index is 12.5. The fourth-order valence-electron chi connectivity index (χ4n) is 2.43. The Morgan fingerprint density at radius 1 is 1.32 bits per heavy atom. The Bertz CT molecular complexity index is 894. The third-order valence-corrected chi connectivity index (χ3v) is 3.82. The number of carbonyl (C=O) groups excluding carboxylic acids is 1. The highest BCUT2D eigenvalue weighted by molar-refractivity contribution is 5.86. The fourth-order valence-corrected chi connectivity index (χ4v) is 2.43. The maximum absolute atomic E-state index is 12.5. The van der Waals surface area contributed by atoms with Gasteiger partial charge in [-0.3, -0.25) is 14.0 Å². The third-order valence-electron chi connectivity index (χ3n) is 3.82. The predicted octanol–water partition coefficient (Wildman–Crippen LogP) is 1.56. The number of nitrogens with one attached hydrogen (secondary N) is 1. The first kappa shape index (κ1) is 14.3. The van der Waals surface area contributed by atoms with E-state index in [4.69, 9.17) is 0 Å². The molecule has 2 aromatic heterocycles. The summed E-state index contributed by atoms with van der Waals surface area (Å²) in [5.41, 5.74) is 1.18. The monoisotopic (exact) mass is 298 g/mol. The van der Waals surface area contributed by atoms with Crippen LogP contribution in [0, 0.1) is 0 Å². The zero-order valence-electron chi connectivity index (χ0n) is 12.6. The van der Waals surface area contributed by atoms with Gasteiger partial charge in [-0.2, -0.15) is 5.10 Å². The molecular weight excluding hydrogens is 280 g/mol. The highest BCUT2D eigenvalue weighted by Crippen LogP contribution is 2.16. The molecular formula is C16H18N4O2. The SMILES string of the molecule is CCC(C)NC(=O)Cn1ncn2c(cc3ccccc32)c1=O. The zero-order valence-corrected chi connectivity index (χ0v) is 12.6. The van der Waals surface area contributed by atoms with Gasteiger partial charge in [0.05, 0.1) is 5.52 Å². The Labute approximate surface area is 127 Å². The second-order valence-corrected chi connectivity index (χ2v) is 5.43. The summed E-state index contributed by atoms with van der Waals surface area (Å²) in [5.74, 6) is -0.204. The van der Waals surface area contributed by atoms with Crippen molar-refractivity contribution in [1.29, 1.82) is 0 Å². The predicted molar refractivity (Wildman–Crippen MR) is 84.9 cm³/mol. The van der Waals surface area contributed by atoms with Gasteiger partial charge in [-0.15, -0.1) is 0 Å². The molecule has 0 aliphatic carbocycles. The van der Waals surface area contributed by atoms with Crippen LogP contribution in [0.15, 0.2) is 41.5 Å². The topological polar surface area (TPSA) is 68.4 Å². The molecule has 1 N–H and O–H groups in total. The molecule has 6 heteroatoms. The number of para-hydroxylation sites is 1. The van der Waals surface area contributed by atoms with Crippen LogP contribution in [-0.2, 0) is 11.3 Å². The van der Waals surface area contributed by atoms with Crippen LogP contribution in [0.25, 0.3) is 16.4 Å². The van der Waals surface area contributed by atoms with Crippen LogP contribution in [0.4, 0.5) is 0 Å². The molecule has 1 amide bonds. The quantitative estimate of drug-likeness (QED) is 0.795. The van der Waals surface area contributed by atoms with E-state index in [-0.39, 0.29) is 24.1 Å². The van der Waals surface area contributed by atoms with Crippen molar-refractivity contribution in [1.82, 2.24) is 19.5 Å². The third kappa shape index (κ3) is 2.47. The molecule has 0 saturated carbocycles. The van der Waals surface area contributed by atoms with Crippen LogP contribution in [0.1, 0.15) is 20.3 Å². The van der Waals surface area contributed by atoms with Crippen molar-refractivity contribution in [3.05, 3.63) is 47.0 Å². The molecule has 0 bridgehead atoms. The number of amides is 1. The van der Waals surface area contributed by atoms with Crippen LogP contribution >= 0.6 is 0 Å². The second-order valence-electron chi connectivity index (χ2n) is 5.43. The number of carbonyl (C=O) groups is 1. The lowest BCUT2D eigenvalue weighted by Gasteiger charge is -2.11. The number of nitrogens with zero attached hydrogens (tertiary/aromatic N) is 3. The van der Waals surface area contributed by atoms with Crippen LogP contribution < -0.4 is 10.9 Å². The largest absolute Gasteiger partial charge is 0.352 e. The zero-order chi connectivity index (χ0) is 15.7. The van der Waals surface area contributed by atoms with Gasteiger partial charge in [-0.25, -0.2) is 4.68 Å². The van der Waals surface area contributed by atoms with E-state index in [2.05, 4.69) is 10.4 Å². The Morgan fingerprint density at radius 2 is 2.09 bits per heavy atom. The first-order valence-electron chi connectivity index (χ1n) is 7.35. The maximum Gasteiger partial charge on any atom is 0.291 e. The van der Waals surface area contributed by atoms with Crippen LogP contribution in [0.2, 0.25) is 0 Å². The summed E-state index contributed by atoms with van der Waals surface area (Å²) in [6, 6.07) is 9.63. The van der Waals surface area contributed by atoms with Crippen LogP contribution in [0.5, 0.6) is 0 Å². The van der Waals surface area contributed by atoms with E-state index in [9.17, 15) is 9.59 Å². The van der Waals surface area contributed by atoms with E-state index in [1.165, 1.54) is 4.68 Å². The standard InChI is InChI=1S/C16H18N4O2/c1-3-11(2)18-15(21)9-20-16(22)14-8-12-6-4-5-7-13(12)19(14)10-17-20/h4-8,10-11H,3,9H2,1-2H3,(H,18,21). The number of hydrogen-bond donors (Lipinski definition) is 1. The van der Waals surface area contributed by atoms with Gasteiger partial charge < -0.3 is 5.32 Å². The van der Waals surface area contributed by atoms with Gasteiger partial charge in [0.1, 0.15) is 18.4 Å². The summed E-state index contributed by atoms with van der Waals surface area (Å²) in [5, 5.41) is 7.92. The van der Waals surface area contributed by atoms with E-state index in [0.717, 1.165) is 17.3 Å². The summed E-state index contributed by atoms with van der Waals surface area (Å²) in [4.78, 5) is 24.4. The smallest absolute Gasteiger partial charge is 0.291 e. The Kier molecular flexibility index (Phi) is 3.66. The second kappa shape index (κ2) is 5.63. The Balaban J connectivity index is 1.98. The minimum absolute atomic E-state index is 0.0683. The molecule has 2 heterocycles. The van der Waals surface area contributed by atoms with E-state index in [1.807, 2.05) is 44.2 Å². The van der Waals surface area contributed by atoms with Crippen molar-refractivity contribution in [2.75, 3.05) is 0 Å². The highest BCUT2D eigenvalue weighted by Gasteiger charge is 2.12. The molecule has 1 unspecified atom stereocenters. The molecule has 3 aromatic rings. The molecule has 0 radical (unpaired) electrons. The summed E-state index contributed by atoms with van der Waals surface area (Å²) < 4.78 is 2.95.